The van der Waals surface area contributed by atoms with Crippen molar-refractivity contribution in [2.45, 2.75) is 50.7 Å². The van der Waals surface area contributed by atoms with E-state index in [0.29, 0.717) is 17.2 Å². The molecule has 5 aliphatic heterocycles. The fraction of sp³-hybridized carbons (Fsp3) is 0.455. The quantitative estimate of drug-likeness (QED) is 0.212. The largest absolute Gasteiger partial charge is 0.493 e. The average molecular weight is 719 g/mol. The van der Waals surface area contributed by atoms with Crippen molar-refractivity contribution < 1.29 is 23.7 Å². The number of nitrogens with zero attached hydrogens (tertiary/aromatic N) is 4. The van der Waals surface area contributed by atoms with Gasteiger partial charge in [-0.25, -0.2) is 0 Å². The molecule has 0 spiro atoms. The molecule has 0 saturated carbocycles. The first-order valence-electron chi connectivity index (χ1n) is 19.2. The summed E-state index contributed by atoms with van der Waals surface area (Å²) in [5, 5.41) is 0. The first-order chi connectivity index (χ1) is 25.8. The Balaban J connectivity index is 1.33. The smallest absolute Gasteiger partial charge is 0.204 e. The summed E-state index contributed by atoms with van der Waals surface area (Å²) in [7, 11) is 11.9. The maximum absolute atomic E-state index is 7.19. The second-order valence-electron chi connectivity index (χ2n) is 15.3. The summed E-state index contributed by atoms with van der Waals surface area (Å²) in [6, 6.07) is 21.7. The Bertz CT molecular complexity index is 1950. The van der Waals surface area contributed by atoms with Gasteiger partial charge in [-0.05, 0) is 131 Å². The molecule has 1 saturated heterocycles. The lowest BCUT2D eigenvalue weighted by Crippen LogP contribution is -2.36. The number of hydrogen-bond donors (Lipinski definition) is 0. The normalized spacial score (nSPS) is 21.0. The first-order valence-corrected chi connectivity index (χ1v) is 19.2. The van der Waals surface area contributed by atoms with E-state index in [2.05, 4.69) is 95.3 Å². The standard InChI is InChI=1S/C44H54N4O5/c1-45-18-7-19-48(23-22-45)28-36-34-17-21-47(3)38-25-30-10-15-39(49-4)40(26-30)52-32-12-8-29(9-13-32)24-37-35-27-33(14-11-31(35)16-20-46(37)2)53-43(41(34)38)44(51-6)42(36)50-5/h8-15,26-27,37-38H,7,16-25,28H2,1-6H3/t37-,38-/m0/s1. The Morgan fingerprint density at radius 3 is 2.19 bits per heavy atom. The molecule has 0 unspecified atom stereocenters. The molecule has 4 aromatic carbocycles. The van der Waals surface area contributed by atoms with Crippen LogP contribution in [0.3, 0.4) is 0 Å². The van der Waals surface area contributed by atoms with Gasteiger partial charge in [-0.3, -0.25) is 14.7 Å². The van der Waals surface area contributed by atoms with Gasteiger partial charge < -0.3 is 28.6 Å². The number of ether oxygens (including phenoxy) is 5. The molecule has 9 heteroatoms. The molecular formula is C44H54N4O5. The highest BCUT2D eigenvalue weighted by molar-refractivity contribution is 5.67. The van der Waals surface area contributed by atoms with E-state index in [9.17, 15) is 0 Å². The van der Waals surface area contributed by atoms with E-state index in [-0.39, 0.29) is 12.1 Å². The molecule has 9 nitrogen and oxygen atoms in total. The van der Waals surface area contributed by atoms with Crippen molar-refractivity contribution in [3.63, 3.8) is 0 Å². The van der Waals surface area contributed by atoms with E-state index in [1.165, 1.54) is 33.4 Å². The van der Waals surface area contributed by atoms with E-state index in [0.717, 1.165) is 106 Å². The predicted molar refractivity (Wildman–Crippen MR) is 209 cm³/mol. The van der Waals surface area contributed by atoms with Gasteiger partial charge in [0.1, 0.15) is 11.5 Å². The van der Waals surface area contributed by atoms with Crippen molar-refractivity contribution in [3.8, 4) is 40.2 Å². The Hall–Kier alpha value is -4.28. The first kappa shape index (κ1) is 35.7. The van der Waals surface area contributed by atoms with Gasteiger partial charge in [0.2, 0.25) is 5.75 Å². The van der Waals surface area contributed by atoms with Crippen molar-refractivity contribution in [2.75, 3.05) is 81.7 Å². The molecule has 5 heterocycles. The minimum atomic E-state index is 0.0125. The van der Waals surface area contributed by atoms with Gasteiger partial charge in [0.15, 0.2) is 23.0 Å². The highest BCUT2D eigenvalue weighted by Crippen LogP contribution is 2.53. The van der Waals surface area contributed by atoms with Crippen molar-refractivity contribution >= 4 is 0 Å². The van der Waals surface area contributed by atoms with E-state index in [1.54, 1.807) is 21.3 Å². The molecule has 9 rings (SSSR count). The van der Waals surface area contributed by atoms with Crippen LogP contribution in [0.25, 0.3) is 0 Å². The van der Waals surface area contributed by atoms with Gasteiger partial charge in [0.05, 0.1) is 21.3 Å². The Morgan fingerprint density at radius 2 is 1.40 bits per heavy atom. The average Bonchev–Trinajstić information content (AvgIpc) is 3.38. The Labute approximate surface area is 314 Å². The molecule has 6 bridgehead atoms. The Kier molecular flexibility index (Phi) is 10.3. The summed E-state index contributed by atoms with van der Waals surface area (Å²) in [6.45, 7) is 6.96. The highest BCUT2D eigenvalue weighted by atomic mass is 16.5. The minimum Gasteiger partial charge on any atom is -0.493 e. The van der Waals surface area contributed by atoms with Crippen LogP contribution < -0.4 is 23.7 Å². The number of methoxy groups -OCH3 is 3. The van der Waals surface area contributed by atoms with Gasteiger partial charge in [0, 0.05) is 55.9 Å². The van der Waals surface area contributed by atoms with Crippen LogP contribution in [0.15, 0.2) is 60.7 Å². The summed E-state index contributed by atoms with van der Waals surface area (Å²) in [5.41, 5.74) is 8.81. The van der Waals surface area contributed by atoms with Crippen LogP contribution in [0.1, 0.15) is 57.4 Å². The molecule has 0 amide bonds. The van der Waals surface area contributed by atoms with Crippen molar-refractivity contribution in [3.05, 3.63) is 99.6 Å². The predicted octanol–water partition coefficient (Wildman–Crippen LogP) is 7.29. The van der Waals surface area contributed by atoms with Gasteiger partial charge in [-0.2, -0.15) is 0 Å². The van der Waals surface area contributed by atoms with Gasteiger partial charge in [0.25, 0.3) is 0 Å². The van der Waals surface area contributed by atoms with Crippen LogP contribution in [-0.2, 0) is 32.2 Å². The fourth-order valence-corrected chi connectivity index (χ4v) is 8.95. The summed E-state index contributed by atoms with van der Waals surface area (Å²) in [4.78, 5) is 9.95. The van der Waals surface area contributed by atoms with Crippen molar-refractivity contribution in [2.24, 2.45) is 0 Å². The second-order valence-corrected chi connectivity index (χ2v) is 15.3. The SMILES string of the molecule is COc1ccc2cc1Oc1ccc(cc1)C[C@H]1c3cc(ccc3CCN1C)Oc1c(OC)c(OC)c(CN3CCCN(C)CC3)c3c1[C@H](C2)N(C)CC3. The van der Waals surface area contributed by atoms with Gasteiger partial charge >= 0.3 is 0 Å². The summed E-state index contributed by atoms with van der Waals surface area (Å²) < 4.78 is 32.2. The summed E-state index contributed by atoms with van der Waals surface area (Å²) >= 11 is 0. The Morgan fingerprint density at radius 1 is 0.660 bits per heavy atom. The van der Waals surface area contributed by atoms with Crippen LogP contribution in [0.5, 0.6) is 40.2 Å². The maximum atomic E-state index is 7.19. The molecule has 53 heavy (non-hydrogen) atoms. The van der Waals surface area contributed by atoms with E-state index < -0.39 is 0 Å². The molecular weight excluding hydrogens is 665 g/mol. The molecule has 0 radical (unpaired) electrons. The zero-order valence-corrected chi connectivity index (χ0v) is 32.2. The van der Waals surface area contributed by atoms with E-state index >= 15 is 0 Å². The number of rotatable bonds is 5. The number of fused-ring (bicyclic) bond motifs is 2. The lowest BCUT2D eigenvalue weighted by atomic mass is 9.84. The van der Waals surface area contributed by atoms with Crippen LogP contribution in [0, 0.1) is 0 Å². The molecule has 4 aromatic rings. The van der Waals surface area contributed by atoms with Crippen molar-refractivity contribution in [1.29, 1.82) is 0 Å². The lowest BCUT2D eigenvalue weighted by molar-refractivity contribution is 0.216. The third-order valence-corrected chi connectivity index (χ3v) is 12.0. The van der Waals surface area contributed by atoms with E-state index in [1.807, 2.05) is 6.07 Å². The molecule has 0 aromatic heterocycles. The van der Waals surface area contributed by atoms with Gasteiger partial charge in [-0.15, -0.1) is 0 Å². The van der Waals surface area contributed by atoms with E-state index in [4.69, 9.17) is 23.7 Å². The zero-order valence-electron chi connectivity index (χ0n) is 32.2. The fourth-order valence-electron chi connectivity index (χ4n) is 8.95. The number of likely N-dealkylation sites (N-methyl/N-ethyl adjacent to an activating group) is 3. The lowest BCUT2D eigenvalue weighted by Gasteiger charge is -2.39. The van der Waals surface area contributed by atoms with Crippen LogP contribution in [0.2, 0.25) is 0 Å². The topological polar surface area (TPSA) is 59.1 Å². The summed E-state index contributed by atoms with van der Waals surface area (Å²) in [6.07, 6.45) is 4.68. The zero-order chi connectivity index (χ0) is 36.6. The summed E-state index contributed by atoms with van der Waals surface area (Å²) in [5.74, 6) is 5.22. The highest BCUT2D eigenvalue weighted by Gasteiger charge is 2.37. The molecule has 280 valence electrons. The van der Waals surface area contributed by atoms with Gasteiger partial charge in [-0.1, -0.05) is 24.3 Å². The van der Waals surface area contributed by atoms with Crippen LogP contribution >= 0.6 is 0 Å². The number of hydrogen-bond acceptors (Lipinski definition) is 9. The molecule has 0 N–H and O–H groups in total. The number of benzene rings is 4. The second kappa shape index (κ2) is 15.2. The van der Waals surface area contributed by atoms with Crippen molar-refractivity contribution in [1.82, 2.24) is 19.6 Å². The molecule has 2 atom stereocenters. The van der Waals surface area contributed by atoms with Crippen LogP contribution in [-0.4, -0.2) is 101 Å². The molecule has 5 aliphatic rings. The third-order valence-electron chi connectivity index (χ3n) is 12.0. The molecule has 0 aliphatic carbocycles. The van der Waals surface area contributed by atoms with Crippen LogP contribution in [0.4, 0.5) is 0 Å². The molecule has 1 fully saturated rings. The minimum absolute atomic E-state index is 0.0125. The maximum Gasteiger partial charge on any atom is 0.204 e. The monoisotopic (exact) mass is 718 g/mol. The third kappa shape index (κ3) is 7.08.